The summed E-state index contributed by atoms with van der Waals surface area (Å²) in [6, 6.07) is 11.0. The molecule has 0 saturated carbocycles. The molecule has 1 rings (SSSR count). The van der Waals surface area contributed by atoms with E-state index in [2.05, 4.69) is 59.8 Å². The van der Waals surface area contributed by atoms with Gasteiger partial charge in [0.1, 0.15) is 0 Å². The predicted molar refractivity (Wildman–Crippen MR) is 85.2 cm³/mol. The molecule has 0 aromatic heterocycles. The van der Waals surface area contributed by atoms with Gasteiger partial charge in [0, 0.05) is 19.7 Å². The number of methoxy groups -OCH3 is 1. The summed E-state index contributed by atoms with van der Waals surface area (Å²) in [5.74, 6) is 0.866. The molecule has 20 heavy (non-hydrogen) atoms. The van der Waals surface area contributed by atoms with Crippen LogP contribution in [0.25, 0.3) is 0 Å². The van der Waals surface area contributed by atoms with Crippen molar-refractivity contribution in [3.05, 3.63) is 35.9 Å². The lowest BCUT2D eigenvalue weighted by atomic mass is 10.1. The first kappa shape index (κ1) is 16.5. The number of nitrogens with zero attached hydrogens (tertiary/aromatic N) is 1. The molecular weight excluding hydrogens is 250 g/mol. The number of hydrogen-bond donors (Lipinski definition) is 2. The van der Waals surface area contributed by atoms with Crippen molar-refractivity contribution in [1.29, 1.82) is 0 Å². The van der Waals surface area contributed by atoms with Crippen molar-refractivity contribution in [2.75, 3.05) is 26.8 Å². The maximum absolute atomic E-state index is 5.02. The molecule has 1 atom stereocenters. The van der Waals surface area contributed by atoms with Gasteiger partial charge < -0.3 is 15.4 Å². The Morgan fingerprint density at radius 1 is 1.30 bits per heavy atom. The van der Waals surface area contributed by atoms with E-state index in [1.807, 2.05) is 0 Å². The van der Waals surface area contributed by atoms with Crippen LogP contribution >= 0.6 is 0 Å². The van der Waals surface area contributed by atoms with Gasteiger partial charge in [0.05, 0.1) is 13.2 Å². The van der Waals surface area contributed by atoms with E-state index >= 15 is 0 Å². The van der Waals surface area contributed by atoms with Crippen molar-refractivity contribution in [1.82, 2.24) is 10.6 Å². The summed E-state index contributed by atoms with van der Waals surface area (Å²) in [5.41, 5.74) is 1.38. The van der Waals surface area contributed by atoms with E-state index < -0.39 is 0 Å². The Bertz CT molecular complexity index is 379. The summed E-state index contributed by atoms with van der Waals surface area (Å²) in [6.45, 7) is 6.45. The Labute approximate surface area is 122 Å². The zero-order chi connectivity index (χ0) is 14.6. The number of nitrogens with one attached hydrogen (secondary N) is 2. The summed E-state index contributed by atoms with van der Waals surface area (Å²) >= 11 is 0. The molecule has 0 amide bonds. The Morgan fingerprint density at radius 2 is 2.05 bits per heavy atom. The lowest BCUT2D eigenvalue weighted by Crippen LogP contribution is -2.42. The molecule has 1 unspecified atom stereocenters. The van der Waals surface area contributed by atoms with Gasteiger partial charge in [-0.1, -0.05) is 30.3 Å². The van der Waals surface area contributed by atoms with E-state index in [1.54, 1.807) is 7.11 Å². The van der Waals surface area contributed by atoms with E-state index in [-0.39, 0.29) is 0 Å². The first-order chi connectivity index (χ1) is 9.76. The summed E-state index contributed by atoms with van der Waals surface area (Å²) in [4.78, 5) is 4.47. The zero-order valence-electron chi connectivity index (χ0n) is 12.9. The van der Waals surface area contributed by atoms with E-state index in [9.17, 15) is 0 Å². The fraction of sp³-hybridized carbons (Fsp3) is 0.562. The second kappa shape index (κ2) is 10.3. The molecule has 0 saturated heterocycles. The second-order valence-electron chi connectivity index (χ2n) is 4.82. The van der Waals surface area contributed by atoms with Crippen LogP contribution in [0.2, 0.25) is 0 Å². The maximum Gasteiger partial charge on any atom is 0.191 e. The lowest BCUT2D eigenvalue weighted by molar-refractivity contribution is 0.208. The molecule has 1 aromatic rings. The minimum absolute atomic E-state index is 0.385. The normalized spacial score (nSPS) is 13.1. The molecule has 0 aliphatic rings. The van der Waals surface area contributed by atoms with Crippen LogP contribution < -0.4 is 10.6 Å². The highest BCUT2D eigenvalue weighted by Crippen LogP contribution is 2.04. The van der Waals surface area contributed by atoms with E-state index in [0.29, 0.717) is 19.2 Å². The molecule has 112 valence electrons. The number of aryl methyl sites for hydroxylation is 1. The number of guanidine groups is 1. The highest BCUT2D eigenvalue weighted by atomic mass is 16.5. The maximum atomic E-state index is 5.02. The quantitative estimate of drug-likeness (QED) is 0.435. The minimum Gasteiger partial charge on any atom is -0.383 e. The summed E-state index contributed by atoms with van der Waals surface area (Å²) in [7, 11) is 1.69. The van der Waals surface area contributed by atoms with Gasteiger partial charge in [0.15, 0.2) is 5.96 Å². The highest BCUT2D eigenvalue weighted by molar-refractivity contribution is 5.80. The molecule has 0 fully saturated rings. The molecule has 1 aromatic carbocycles. The summed E-state index contributed by atoms with van der Waals surface area (Å²) in [5, 5.41) is 6.68. The first-order valence-corrected chi connectivity index (χ1v) is 7.34. The van der Waals surface area contributed by atoms with E-state index in [0.717, 1.165) is 25.3 Å². The SMILES string of the molecule is CCNC(=NCCOC)NC(C)CCc1ccccc1. The monoisotopic (exact) mass is 277 g/mol. The standard InChI is InChI=1S/C16H27N3O/c1-4-17-16(18-12-13-20-3)19-14(2)10-11-15-8-6-5-7-9-15/h5-9,14H,4,10-13H2,1-3H3,(H2,17,18,19). The molecule has 0 bridgehead atoms. The Balaban J connectivity index is 2.37. The second-order valence-corrected chi connectivity index (χ2v) is 4.82. The summed E-state index contributed by atoms with van der Waals surface area (Å²) in [6.07, 6.45) is 2.16. The van der Waals surface area contributed by atoms with E-state index in [4.69, 9.17) is 4.74 Å². The van der Waals surface area contributed by atoms with Crippen LogP contribution in [-0.4, -0.2) is 38.8 Å². The van der Waals surface area contributed by atoms with Gasteiger partial charge in [-0.2, -0.15) is 0 Å². The summed E-state index contributed by atoms with van der Waals surface area (Å²) < 4.78 is 5.02. The number of aliphatic imine (C=N–C) groups is 1. The predicted octanol–water partition coefficient (Wildman–Crippen LogP) is 2.21. The number of rotatable bonds is 8. The van der Waals surface area contributed by atoms with Crippen LogP contribution in [0.15, 0.2) is 35.3 Å². The Morgan fingerprint density at radius 3 is 2.70 bits per heavy atom. The first-order valence-electron chi connectivity index (χ1n) is 7.34. The Hall–Kier alpha value is -1.55. The van der Waals surface area contributed by atoms with Gasteiger partial charge in [-0.15, -0.1) is 0 Å². The van der Waals surface area contributed by atoms with Crippen LogP contribution in [0.1, 0.15) is 25.8 Å². The molecule has 0 aliphatic carbocycles. The molecule has 4 nitrogen and oxygen atoms in total. The van der Waals surface area contributed by atoms with Gasteiger partial charge in [0.25, 0.3) is 0 Å². The van der Waals surface area contributed by atoms with Crippen LogP contribution in [0.4, 0.5) is 0 Å². The third-order valence-electron chi connectivity index (χ3n) is 3.00. The topological polar surface area (TPSA) is 45.7 Å². The molecule has 0 spiro atoms. The van der Waals surface area contributed by atoms with Crippen molar-refractivity contribution in [3.63, 3.8) is 0 Å². The largest absolute Gasteiger partial charge is 0.383 e. The van der Waals surface area contributed by atoms with Gasteiger partial charge in [-0.25, -0.2) is 0 Å². The van der Waals surface area contributed by atoms with Gasteiger partial charge in [-0.3, -0.25) is 4.99 Å². The average molecular weight is 277 g/mol. The van der Waals surface area contributed by atoms with Crippen molar-refractivity contribution in [3.8, 4) is 0 Å². The van der Waals surface area contributed by atoms with Crippen LogP contribution in [0, 0.1) is 0 Å². The minimum atomic E-state index is 0.385. The fourth-order valence-electron chi connectivity index (χ4n) is 1.90. The number of benzene rings is 1. The Kier molecular flexibility index (Phi) is 8.47. The van der Waals surface area contributed by atoms with Gasteiger partial charge >= 0.3 is 0 Å². The fourth-order valence-corrected chi connectivity index (χ4v) is 1.90. The molecule has 0 aliphatic heterocycles. The molecule has 0 heterocycles. The van der Waals surface area contributed by atoms with Crippen molar-refractivity contribution < 1.29 is 4.74 Å². The highest BCUT2D eigenvalue weighted by Gasteiger charge is 2.05. The van der Waals surface area contributed by atoms with Crippen LogP contribution in [0.3, 0.4) is 0 Å². The van der Waals surface area contributed by atoms with E-state index in [1.165, 1.54) is 5.56 Å². The van der Waals surface area contributed by atoms with Crippen molar-refractivity contribution in [2.45, 2.75) is 32.7 Å². The van der Waals surface area contributed by atoms with Crippen LogP contribution in [-0.2, 0) is 11.2 Å². The third kappa shape index (κ3) is 7.14. The molecular formula is C16H27N3O. The molecule has 4 heteroatoms. The van der Waals surface area contributed by atoms with Crippen LogP contribution in [0.5, 0.6) is 0 Å². The number of hydrogen-bond acceptors (Lipinski definition) is 2. The smallest absolute Gasteiger partial charge is 0.191 e. The van der Waals surface area contributed by atoms with Crippen molar-refractivity contribution in [2.24, 2.45) is 4.99 Å². The third-order valence-corrected chi connectivity index (χ3v) is 3.00. The molecule has 2 N–H and O–H groups in total. The van der Waals surface area contributed by atoms with Crippen molar-refractivity contribution >= 4 is 5.96 Å². The molecule has 0 radical (unpaired) electrons. The van der Waals surface area contributed by atoms with Gasteiger partial charge in [-0.05, 0) is 32.3 Å². The average Bonchev–Trinajstić information content (AvgIpc) is 2.47. The number of ether oxygens (including phenoxy) is 1. The van der Waals surface area contributed by atoms with Gasteiger partial charge in [0.2, 0.25) is 0 Å². The zero-order valence-corrected chi connectivity index (χ0v) is 12.9. The lowest BCUT2D eigenvalue weighted by Gasteiger charge is -2.17.